The van der Waals surface area contributed by atoms with E-state index in [9.17, 15) is 9.50 Å². The molecule has 4 N–H and O–H groups in total. The molecule has 2 rings (SSSR count). The maximum atomic E-state index is 13.2. The zero-order valence-corrected chi connectivity index (χ0v) is 13.1. The van der Waals surface area contributed by atoms with E-state index in [1.165, 1.54) is 43.7 Å². The van der Waals surface area contributed by atoms with Crippen LogP contribution in [-0.4, -0.2) is 17.9 Å². The van der Waals surface area contributed by atoms with Gasteiger partial charge in [0.15, 0.2) is 11.5 Å². The van der Waals surface area contributed by atoms with Gasteiger partial charge in [-0.25, -0.2) is 4.39 Å². The first kappa shape index (κ1) is 16.6. The number of benzene rings is 1. The second-order valence-corrected chi connectivity index (χ2v) is 4.93. The van der Waals surface area contributed by atoms with Gasteiger partial charge >= 0.3 is 0 Å². The topological polar surface area (TPSA) is 79.9 Å². The predicted octanol–water partition coefficient (Wildman–Crippen LogP) is 3.63. The van der Waals surface area contributed by atoms with Crippen LogP contribution in [0.4, 0.5) is 10.1 Å². The first-order chi connectivity index (χ1) is 11.0. The van der Waals surface area contributed by atoms with Crippen LogP contribution in [0.5, 0.6) is 0 Å². The summed E-state index contributed by atoms with van der Waals surface area (Å²) >= 11 is 5.74. The number of aliphatic hydroxyl groups excluding tert-OH is 1. The third-order valence-corrected chi connectivity index (χ3v) is 3.31. The van der Waals surface area contributed by atoms with Gasteiger partial charge in [0.2, 0.25) is 0 Å². The minimum absolute atomic E-state index is 0.0311. The average molecular weight is 336 g/mol. The lowest BCUT2D eigenvalue weighted by atomic mass is 10.0. The molecule has 0 heterocycles. The first-order valence-corrected chi connectivity index (χ1v) is 6.91. The van der Waals surface area contributed by atoms with Crippen molar-refractivity contribution in [2.45, 2.75) is 0 Å². The van der Waals surface area contributed by atoms with Gasteiger partial charge in [0, 0.05) is 23.5 Å². The van der Waals surface area contributed by atoms with Gasteiger partial charge in [-0.15, -0.1) is 0 Å². The third kappa shape index (κ3) is 3.73. The third-order valence-electron chi connectivity index (χ3n) is 3.02. The van der Waals surface area contributed by atoms with Crippen molar-refractivity contribution in [3.8, 4) is 0 Å². The highest BCUT2D eigenvalue weighted by atomic mass is 35.5. The summed E-state index contributed by atoms with van der Waals surface area (Å²) in [7, 11) is 1.43. The van der Waals surface area contributed by atoms with E-state index < -0.39 is 5.82 Å². The number of hydrogen-bond acceptors (Lipinski definition) is 5. The SMILES string of the molecule is C=C/N=C1/C=C(OC)C(O)=C/C1=C(/N)Nc1ccc(F)c(Cl)c1. The smallest absolute Gasteiger partial charge is 0.162 e. The molecule has 0 spiro atoms. The molecule has 0 aliphatic heterocycles. The van der Waals surface area contributed by atoms with E-state index in [-0.39, 0.29) is 22.4 Å². The number of nitrogens with one attached hydrogen (secondary N) is 1. The van der Waals surface area contributed by atoms with Gasteiger partial charge in [-0.05, 0) is 24.3 Å². The van der Waals surface area contributed by atoms with Crippen molar-refractivity contribution >= 4 is 23.0 Å². The molecule has 120 valence electrons. The summed E-state index contributed by atoms with van der Waals surface area (Å²) in [4.78, 5) is 4.10. The number of halogens is 2. The summed E-state index contributed by atoms with van der Waals surface area (Å²) in [6.07, 6.45) is 4.28. The molecule has 0 saturated carbocycles. The molecule has 0 radical (unpaired) electrons. The Kier molecular flexibility index (Phi) is 5.08. The van der Waals surface area contributed by atoms with Crippen LogP contribution in [0.1, 0.15) is 0 Å². The number of nitrogens with two attached hydrogens (primary N) is 1. The number of hydrogen-bond donors (Lipinski definition) is 3. The molecule has 0 fully saturated rings. The van der Waals surface area contributed by atoms with E-state index in [2.05, 4.69) is 16.9 Å². The number of anilines is 1. The molecule has 1 aliphatic carbocycles. The Labute approximate surface area is 137 Å². The minimum atomic E-state index is -0.528. The summed E-state index contributed by atoms with van der Waals surface area (Å²) in [5, 5.41) is 12.8. The lowest BCUT2D eigenvalue weighted by Crippen LogP contribution is -2.19. The van der Waals surface area contributed by atoms with Crippen molar-refractivity contribution in [3.05, 3.63) is 76.9 Å². The minimum Gasteiger partial charge on any atom is -0.504 e. The molecule has 0 atom stereocenters. The fourth-order valence-corrected chi connectivity index (χ4v) is 2.12. The van der Waals surface area contributed by atoms with E-state index in [1.807, 2.05) is 0 Å². The van der Waals surface area contributed by atoms with Crippen molar-refractivity contribution in [2.75, 3.05) is 12.4 Å². The van der Waals surface area contributed by atoms with Gasteiger partial charge in [0.1, 0.15) is 11.6 Å². The van der Waals surface area contributed by atoms with Crippen LogP contribution in [0.3, 0.4) is 0 Å². The fraction of sp³-hybridized carbons (Fsp3) is 0.0625. The quantitative estimate of drug-likeness (QED) is 0.785. The largest absolute Gasteiger partial charge is 0.504 e. The number of allylic oxidation sites excluding steroid dienone is 3. The van der Waals surface area contributed by atoms with Crippen molar-refractivity contribution in [3.63, 3.8) is 0 Å². The van der Waals surface area contributed by atoms with Crippen LogP contribution >= 0.6 is 11.6 Å². The van der Waals surface area contributed by atoms with Gasteiger partial charge in [0.25, 0.3) is 0 Å². The predicted molar refractivity (Wildman–Crippen MR) is 89.7 cm³/mol. The van der Waals surface area contributed by atoms with E-state index in [1.54, 1.807) is 0 Å². The molecule has 1 aromatic rings. The monoisotopic (exact) mass is 335 g/mol. The molecule has 1 aromatic carbocycles. The molecule has 0 aromatic heterocycles. The number of rotatable bonds is 4. The molecule has 5 nitrogen and oxygen atoms in total. The number of aliphatic imine (C=N–C) groups is 1. The van der Waals surface area contributed by atoms with Crippen molar-refractivity contribution < 1.29 is 14.2 Å². The van der Waals surface area contributed by atoms with E-state index in [0.717, 1.165) is 0 Å². The zero-order valence-electron chi connectivity index (χ0n) is 12.3. The summed E-state index contributed by atoms with van der Waals surface area (Å²) in [5.74, 6) is -0.161. The maximum absolute atomic E-state index is 13.2. The lowest BCUT2D eigenvalue weighted by Gasteiger charge is -2.17. The number of methoxy groups -OCH3 is 1. The van der Waals surface area contributed by atoms with Gasteiger partial charge in [-0.2, -0.15) is 0 Å². The number of nitrogens with zero attached hydrogens (tertiary/aromatic N) is 1. The molecule has 1 aliphatic rings. The van der Waals surface area contributed by atoms with Gasteiger partial charge < -0.3 is 20.9 Å². The highest BCUT2D eigenvalue weighted by molar-refractivity contribution is 6.31. The average Bonchev–Trinajstić information content (AvgIpc) is 2.52. The second-order valence-electron chi connectivity index (χ2n) is 4.52. The molecule has 0 amide bonds. The molecular formula is C16H15ClFN3O2. The van der Waals surface area contributed by atoms with Crippen LogP contribution in [0.25, 0.3) is 0 Å². The molecule has 0 unspecified atom stereocenters. The summed E-state index contributed by atoms with van der Waals surface area (Å²) < 4.78 is 18.2. The summed E-state index contributed by atoms with van der Waals surface area (Å²) in [5.41, 5.74) is 7.41. The van der Waals surface area contributed by atoms with Crippen LogP contribution < -0.4 is 11.1 Å². The Hall–Kier alpha value is -2.73. The Morgan fingerprint density at radius 3 is 2.83 bits per heavy atom. The molecule has 7 heteroatoms. The van der Waals surface area contributed by atoms with Crippen molar-refractivity contribution in [2.24, 2.45) is 10.7 Å². The number of ether oxygens (including phenoxy) is 1. The Balaban J connectivity index is 2.41. The maximum Gasteiger partial charge on any atom is 0.162 e. The standard InChI is InChI=1S/C16H15ClFN3O2/c1-3-20-13-8-15(23-2)14(22)7-10(13)16(19)21-9-4-5-12(18)11(17)6-9/h3-8,21-22H,1,19H2,2H3/b16-10+,20-13-. The highest BCUT2D eigenvalue weighted by Crippen LogP contribution is 2.24. The van der Waals surface area contributed by atoms with Gasteiger partial charge in [-0.3, -0.25) is 4.99 Å². The highest BCUT2D eigenvalue weighted by Gasteiger charge is 2.18. The Bertz CT molecular complexity index is 767. The number of aliphatic hydroxyl groups is 1. The molecule has 23 heavy (non-hydrogen) atoms. The van der Waals surface area contributed by atoms with Crippen LogP contribution in [0.2, 0.25) is 5.02 Å². The zero-order chi connectivity index (χ0) is 17.0. The molecular weight excluding hydrogens is 321 g/mol. The molecule has 0 bridgehead atoms. The van der Waals surface area contributed by atoms with E-state index in [0.29, 0.717) is 17.0 Å². The fourth-order valence-electron chi connectivity index (χ4n) is 1.94. The van der Waals surface area contributed by atoms with E-state index >= 15 is 0 Å². The Morgan fingerprint density at radius 2 is 2.22 bits per heavy atom. The van der Waals surface area contributed by atoms with Crippen LogP contribution in [0.15, 0.2) is 71.0 Å². The second kappa shape index (κ2) is 7.02. The van der Waals surface area contributed by atoms with Crippen LogP contribution in [0, 0.1) is 5.82 Å². The van der Waals surface area contributed by atoms with Gasteiger partial charge in [0.05, 0.1) is 17.8 Å². The Morgan fingerprint density at radius 1 is 1.48 bits per heavy atom. The normalized spacial score (nSPS) is 18.1. The van der Waals surface area contributed by atoms with Crippen LogP contribution in [-0.2, 0) is 4.74 Å². The summed E-state index contributed by atoms with van der Waals surface area (Å²) in [6, 6.07) is 4.11. The molecule has 0 saturated heterocycles. The van der Waals surface area contributed by atoms with Crippen molar-refractivity contribution in [1.29, 1.82) is 0 Å². The van der Waals surface area contributed by atoms with Crippen molar-refractivity contribution in [1.82, 2.24) is 0 Å². The summed E-state index contributed by atoms with van der Waals surface area (Å²) in [6.45, 7) is 3.54. The van der Waals surface area contributed by atoms with Gasteiger partial charge in [-0.1, -0.05) is 18.2 Å². The first-order valence-electron chi connectivity index (χ1n) is 6.54. The van der Waals surface area contributed by atoms with E-state index in [4.69, 9.17) is 22.1 Å². The lowest BCUT2D eigenvalue weighted by molar-refractivity contribution is 0.256.